The van der Waals surface area contributed by atoms with Crippen LogP contribution in [0.25, 0.3) is 11.1 Å². The lowest BCUT2D eigenvalue weighted by Gasteiger charge is -2.11. The number of carbonyl (C=O) groups is 1. The molecule has 3 rings (SSSR count). The molecule has 3 aromatic carbocycles. The maximum Gasteiger partial charge on any atom is 0.307 e. The minimum atomic E-state index is -0.939. The van der Waals surface area contributed by atoms with Gasteiger partial charge in [-0.2, -0.15) is 0 Å². The van der Waals surface area contributed by atoms with E-state index in [0.717, 1.165) is 0 Å². The maximum absolute atomic E-state index is 14.0. The normalized spacial score (nSPS) is 10.4. The summed E-state index contributed by atoms with van der Waals surface area (Å²) < 4.78 is 25.0. The van der Waals surface area contributed by atoms with Crippen molar-refractivity contribution in [1.29, 1.82) is 0 Å². The molecular formula is C21H17FO4. The topological polar surface area (TPSA) is 55.8 Å². The Morgan fingerprint density at radius 2 is 1.73 bits per heavy atom. The third-order valence-corrected chi connectivity index (χ3v) is 3.79. The molecular weight excluding hydrogens is 335 g/mol. The maximum atomic E-state index is 14.0. The molecule has 0 saturated carbocycles. The molecule has 0 saturated heterocycles. The second kappa shape index (κ2) is 7.70. The number of methoxy groups -OCH3 is 1. The Hall–Kier alpha value is -3.34. The van der Waals surface area contributed by atoms with E-state index in [1.165, 1.54) is 13.2 Å². The Labute approximate surface area is 150 Å². The highest BCUT2D eigenvalue weighted by molar-refractivity contribution is 5.71. The van der Waals surface area contributed by atoms with E-state index in [0.29, 0.717) is 33.9 Å². The monoisotopic (exact) mass is 352 g/mol. The van der Waals surface area contributed by atoms with Gasteiger partial charge in [-0.05, 0) is 41.5 Å². The first-order chi connectivity index (χ1) is 12.5. The fraction of sp³-hybridized carbons (Fsp3) is 0.0952. The number of halogens is 1. The number of ether oxygens (including phenoxy) is 2. The van der Waals surface area contributed by atoms with Gasteiger partial charge in [0.1, 0.15) is 23.1 Å². The van der Waals surface area contributed by atoms with E-state index in [-0.39, 0.29) is 12.2 Å². The van der Waals surface area contributed by atoms with Crippen LogP contribution in [0.15, 0.2) is 66.7 Å². The fourth-order valence-corrected chi connectivity index (χ4v) is 2.64. The minimum Gasteiger partial charge on any atom is -0.497 e. The van der Waals surface area contributed by atoms with Gasteiger partial charge in [-0.3, -0.25) is 4.79 Å². The summed E-state index contributed by atoms with van der Waals surface area (Å²) >= 11 is 0. The zero-order valence-electron chi connectivity index (χ0n) is 14.1. The van der Waals surface area contributed by atoms with Gasteiger partial charge in [0.05, 0.1) is 13.5 Å². The molecule has 3 aromatic rings. The third-order valence-electron chi connectivity index (χ3n) is 3.79. The Kier molecular flexibility index (Phi) is 5.17. The lowest BCUT2D eigenvalue weighted by atomic mass is 10.1. The van der Waals surface area contributed by atoms with Crippen molar-refractivity contribution in [1.82, 2.24) is 0 Å². The average molecular weight is 352 g/mol. The average Bonchev–Trinajstić information content (AvgIpc) is 2.61. The second-order valence-corrected chi connectivity index (χ2v) is 5.70. The lowest BCUT2D eigenvalue weighted by Crippen LogP contribution is -2.00. The highest BCUT2D eigenvalue weighted by Gasteiger charge is 2.09. The van der Waals surface area contributed by atoms with Gasteiger partial charge < -0.3 is 14.6 Å². The van der Waals surface area contributed by atoms with Gasteiger partial charge in [-0.15, -0.1) is 0 Å². The highest BCUT2D eigenvalue weighted by atomic mass is 19.1. The predicted molar refractivity (Wildman–Crippen MR) is 96.2 cm³/mol. The molecule has 4 nitrogen and oxygen atoms in total. The van der Waals surface area contributed by atoms with Crippen LogP contribution in [-0.4, -0.2) is 18.2 Å². The molecule has 0 radical (unpaired) electrons. The van der Waals surface area contributed by atoms with Crippen molar-refractivity contribution >= 4 is 5.97 Å². The van der Waals surface area contributed by atoms with Crippen molar-refractivity contribution in [3.63, 3.8) is 0 Å². The molecule has 0 fully saturated rings. The first-order valence-electron chi connectivity index (χ1n) is 7.98. The predicted octanol–water partition coefficient (Wildman–Crippen LogP) is 4.92. The summed E-state index contributed by atoms with van der Waals surface area (Å²) in [5.74, 6) is 0.219. The van der Waals surface area contributed by atoms with E-state index in [1.807, 2.05) is 0 Å². The molecule has 0 bridgehead atoms. The van der Waals surface area contributed by atoms with Crippen LogP contribution < -0.4 is 9.47 Å². The summed E-state index contributed by atoms with van der Waals surface area (Å²) in [6, 6.07) is 18.5. The molecule has 0 aliphatic rings. The van der Waals surface area contributed by atoms with Crippen LogP contribution in [0.1, 0.15) is 5.56 Å². The van der Waals surface area contributed by atoms with Crippen LogP contribution in [0.5, 0.6) is 17.2 Å². The van der Waals surface area contributed by atoms with Gasteiger partial charge in [-0.1, -0.05) is 30.3 Å². The summed E-state index contributed by atoms with van der Waals surface area (Å²) in [7, 11) is 1.50. The molecule has 0 spiro atoms. The summed E-state index contributed by atoms with van der Waals surface area (Å²) in [6.45, 7) is 0. The molecule has 26 heavy (non-hydrogen) atoms. The van der Waals surface area contributed by atoms with Gasteiger partial charge in [0.15, 0.2) is 0 Å². The number of carboxylic acids is 1. The smallest absolute Gasteiger partial charge is 0.307 e. The second-order valence-electron chi connectivity index (χ2n) is 5.70. The van der Waals surface area contributed by atoms with E-state index >= 15 is 0 Å². The van der Waals surface area contributed by atoms with Crippen LogP contribution in [0.2, 0.25) is 0 Å². The van der Waals surface area contributed by atoms with Crippen molar-refractivity contribution in [3.05, 3.63) is 78.1 Å². The summed E-state index contributed by atoms with van der Waals surface area (Å²) in [5.41, 5.74) is 1.74. The first-order valence-corrected chi connectivity index (χ1v) is 7.98. The van der Waals surface area contributed by atoms with Crippen LogP contribution in [-0.2, 0) is 11.2 Å². The first kappa shape index (κ1) is 17.5. The van der Waals surface area contributed by atoms with Gasteiger partial charge >= 0.3 is 5.97 Å². The van der Waals surface area contributed by atoms with Gasteiger partial charge in [0.25, 0.3) is 0 Å². The highest BCUT2D eigenvalue weighted by Crippen LogP contribution is 2.31. The van der Waals surface area contributed by atoms with Crippen LogP contribution >= 0.6 is 0 Å². The molecule has 0 aliphatic heterocycles. The number of hydrogen-bond acceptors (Lipinski definition) is 3. The molecule has 1 N–H and O–H groups in total. The SMILES string of the molecule is COc1cc(CC(=O)O)cc(Oc2cccc(-c3ccccc3F)c2)c1. The number of hydrogen-bond donors (Lipinski definition) is 1. The van der Waals surface area contributed by atoms with Gasteiger partial charge in [0, 0.05) is 11.6 Å². The summed E-state index contributed by atoms with van der Waals surface area (Å²) in [5, 5.41) is 8.98. The Morgan fingerprint density at radius 3 is 2.46 bits per heavy atom. The molecule has 5 heteroatoms. The molecule has 0 amide bonds. The Bertz CT molecular complexity index is 937. The quantitative estimate of drug-likeness (QED) is 0.684. The van der Waals surface area contributed by atoms with Crippen molar-refractivity contribution < 1.29 is 23.8 Å². The standard InChI is InChI=1S/C21H17FO4/c1-25-17-9-14(11-21(23)24)10-18(13-17)26-16-6-4-5-15(12-16)19-7-2-3-8-20(19)22/h2-10,12-13H,11H2,1H3,(H,23,24). The number of aliphatic carboxylic acids is 1. The molecule has 0 aliphatic carbocycles. The molecule has 0 aromatic heterocycles. The minimum absolute atomic E-state index is 0.136. The summed E-state index contributed by atoms with van der Waals surface area (Å²) in [6.07, 6.45) is -0.136. The van der Waals surface area contributed by atoms with E-state index in [1.54, 1.807) is 60.7 Å². The summed E-state index contributed by atoms with van der Waals surface area (Å²) in [4.78, 5) is 11.0. The largest absolute Gasteiger partial charge is 0.497 e. The van der Waals surface area contributed by atoms with E-state index < -0.39 is 5.97 Å². The van der Waals surface area contributed by atoms with Gasteiger partial charge in [-0.25, -0.2) is 4.39 Å². The number of carboxylic acid groups (broad SMARTS) is 1. The fourth-order valence-electron chi connectivity index (χ4n) is 2.64. The Morgan fingerprint density at radius 1 is 0.962 bits per heavy atom. The van der Waals surface area contributed by atoms with Crippen molar-refractivity contribution in [3.8, 4) is 28.4 Å². The number of rotatable bonds is 6. The Balaban J connectivity index is 1.91. The lowest BCUT2D eigenvalue weighted by molar-refractivity contribution is -0.136. The van der Waals surface area contributed by atoms with E-state index in [2.05, 4.69) is 0 Å². The molecule has 0 heterocycles. The molecule has 132 valence electrons. The van der Waals surface area contributed by atoms with Crippen molar-refractivity contribution in [2.24, 2.45) is 0 Å². The van der Waals surface area contributed by atoms with E-state index in [4.69, 9.17) is 14.6 Å². The number of benzene rings is 3. The third kappa shape index (κ3) is 4.19. The zero-order valence-corrected chi connectivity index (χ0v) is 14.1. The van der Waals surface area contributed by atoms with Crippen LogP contribution in [0, 0.1) is 5.82 Å². The van der Waals surface area contributed by atoms with Gasteiger partial charge in [0.2, 0.25) is 0 Å². The van der Waals surface area contributed by atoms with Crippen LogP contribution in [0.3, 0.4) is 0 Å². The van der Waals surface area contributed by atoms with Crippen molar-refractivity contribution in [2.45, 2.75) is 6.42 Å². The van der Waals surface area contributed by atoms with E-state index in [9.17, 15) is 9.18 Å². The zero-order chi connectivity index (χ0) is 18.5. The molecule has 0 atom stereocenters. The molecule has 0 unspecified atom stereocenters. The van der Waals surface area contributed by atoms with Crippen LogP contribution in [0.4, 0.5) is 4.39 Å². The van der Waals surface area contributed by atoms with Crippen molar-refractivity contribution in [2.75, 3.05) is 7.11 Å².